The lowest BCUT2D eigenvalue weighted by Crippen LogP contribution is -2.29. The first-order chi connectivity index (χ1) is 9.70. The Morgan fingerprint density at radius 2 is 1.90 bits per heavy atom. The average molecular weight is 270 g/mol. The molecule has 0 radical (unpaired) electrons. The third-order valence-corrected chi connectivity index (χ3v) is 2.75. The molecular weight excluding hydrogens is 256 g/mol. The Morgan fingerprint density at radius 1 is 1.15 bits per heavy atom. The van der Waals surface area contributed by atoms with E-state index in [2.05, 4.69) is 10.3 Å². The molecule has 0 bridgehead atoms. The number of ether oxygens (including phenoxy) is 1. The second-order valence-electron chi connectivity index (χ2n) is 4.08. The highest BCUT2D eigenvalue weighted by Gasteiger charge is 2.09. The fourth-order valence-electron chi connectivity index (χ4n) is 1.64. The first kappa shape index (κ1) is 13.7. The molecule has 0 spiro atoms. The van der Waals surface area contributed by atoms with Crippen LogP contribution in [0.1, 0.15) is 20.7 Å². The van der Waals surface area contributed by atoms with Crippen LogP contribution >= 0.6 is 0 Å². The number of aromatic nitrogens is 1. The number of Topliss-reactive ketones (excluding diaryl/α,β-unsaturated/α-hetero) is 1. The van der Waals surface area contributed by atoms with Gasteiger partial charge in [0.05, 0.1) is 19.2 Å². The smallest absolute Gasteiger partial charge is 0.253 e. The Hall–Kier alpha value is -2.69. The van der Waals surface area contributed by atoms with Crippen molar-refractivity contribution in [3.05, 3.63) is 59.9 Å². The van der Waals surface area contributed by atoms with Crippen molar-refractivity contribution in [2.24, 2.45) is 0 Å². The number of nitrogens with one attached hydrogen (secondary N) is 1. The zero-order chi connectivity index (χ0) is 14.4. The minimum Gasteiger partial charge on any atom is -0.497 e. The van der Waals surface area contributed by atoms with Gasteiger partial charge in [0.25, 0.3) is 5.91 Å². The predicted octanol–water partition coefficient (Wildman–Crippen LogP) is 1.70. The number of nitrogens with zero attached hydrogens (tertiary/aromatic N) is 1. The lowest BCUT2D eigenvalue weighted by atomic mass is 10.1. The number of amides is 1. The van der Waals surface area contributed by atoms with Crippen LogP contribution in [0.25, 0.3) is 0 Å². The topological polar surface area (TPSA) is 68.3 Å². The highest BCUT2D eigenvalue weighted by Crippen LogP contribution is 2.11. The average Bonchev–Trinajstić information content (AvgIpc) is 2.53. The molecule has 0 aliphatic heterocycles. The maximum atomic E-state index is 11.9. The molecule has 0 unspecified atom stereocenters. The van der Waals surface area contributed by atoms with Crippen LogP contribution in [0.2, 0.25) is 0 Å². The number of carbonyl (C=O) groups excluding carboxylic acids is 2. The van der Waals surface area contributed by atoms with Gasteiger partial charge in [-0.3, -0.25) is 14.6 Å². The summed E-state index contributed by atoms with van der Waals surface area (Å²) in [6, 6.07) is 10.0. The van der Waals surface area contributed by atoms with E-state index in [1.54, 1.807) is 49.7 Å². The maximum Gasteiger partial charge on any atom is 0.253 e. The van der Waals surface area contributed by atoms with Crippen LogP contribution < -0.4 is 10.1 Å². The molecule has 0 fully saturated rings. The van der Waals surface area contributed by atoms with Gasteiger partial charge < -0.3 is 10.1 Å². The summed E-state index contributed by atoms with van der Waals surface area (Å²) in [4.78, 5) is 27.5. The standard InChI is InChI=1S/C15H14N2O3/c1-20-13-6-4-11(5-7-13)14(18)10-17-15(19)12-3-2-8-16-9-12/h2-9H,10H2,1H3,(H,17,19). The molecule has 1 aromatic heterocycles. The second-order valence-corrected chi connectivity index (χ2v) is 4.08. The summed E-state index contributed by atoms with van der Waals surface area (Å²) in [5.41, 5.74) is 0.951. The van der Waals surface area contributed by atoms with Gasteiger partial charge in [0.1, 0.15) is 5.75 Å². The number of ketones is 1. The first-order valence-corrected chi connectivity index (χ1v) is 6.06. The number of pyridine rings is 1. The Kier molecular flexibility index (Phi) is 4.44. The number of carbonyl (C=O) groups is 2. The van der Waals surface area contributed by atoms with Gasteiger partial charge in [-0.15, -0.1) is 0 Å². The summed E-state index contributed by atoms with van der Waals surface area (Å²) < 4.78 is 5.02. The van der Waals surface area contributed by atoms with Crippen LogP contribution in [0, 0.1) is 0 Å². The van der Waals surface area contributed by atoms with E-state index in [0.717, 1.165) is 0 Å². The number of hydrogen-bond acceptors (Lipinski definition) is 4. The van der Waals surface area contributed by atoms with Gasteiger partial charge in [0, 0.05) is 18.0 Å². The van der Waals surface area contributed by atoms with Crippen molar-refractivity contribution in [1.82, 2.24) is 10.3 Å². The molecule has 0 atom stereocenters. The quantitative estimate of drug-likeness (QED) is 0.840. The molecule has 1 aromatic carbocycles. The highest BCUT2D eigenvalue weighted by molar-refractivity contribution is 6.02. The summed E-state index contributed by atoms with van der Waals surface area (Å²) in [6.45, 7) is -0.0555. The van der Waals surface area contributed by atoms with Crippen LogP contribution in [0.15, 0.2) is 48.8 Å². The molecule has 0 aliphatic rings. The molecule has 2 rings (SSSR count). The van der Waals surface area contributed by atoms with Gasteiger partial charge in [-0.25, -0.2) is 0 Å². The van der Waals surface area contributed by atoms with Gasteiger partial charge in [-0.05, 0) is 36.4 Å². The number of benzene rings is 1. The number of rotatable bonds is 5. The Morgan fingerprint density at radius 3 is 2.50 bits per heavy atom. The zero-order valence-electron chi connectivity index (χ0n) is 11.0. The summed E-state index contributed by atoms with van der Waals surface area (Å²) in [5.74, 6) is 0.200. The molecular formula is C15H14N2O3. The van der Waals surface area contributed by atoms with Gasteiger partial charge in [-0.1, -0.05) is 0 Å². The van der Waals surface area contributed by atoms with Crippen molar-refractivity contribution in [3.63, 3.8) is 0 Å². The Labute approximate surface area is 116 Å². The SMILES string of the molecule is COc1ccc(C(=O)CNC(=O)c2cccnc2)cc1. The van der Waals surface area contributed by atoms with E-state index in [1.165, 1.54) is 6.20 Å². The number of hydrogen-bond donors (Lipinski definition) is 1. The zero-order valence-corrected chi connectivity index (χ0v) is 11.0. The number of methoxy groups -OCH3 is 1. The Bertz CT molecular complexity index is 594. The molecule has 0 saturated heterocycles. The second kappa shape index (κ2) is 6.47. The van der Waals surface area contributed by atoms with Crippen LogP contribution in [-0.4, -0.2) is 30.3 Å². The van der Waals surface area contributed by atoms with Crippen molar-refractivity contribution in [2.75, 3.05) is 13.7 Å². The monoisotopic (exact) mass is 270 g/mol. The lowest BCUT2D eigenvalue weighted by Gasteiger charge is -2.05. The van der Waals surface area contributed by atoms with E-state index in [4.69, 9.17) is 4.74 Å². The predicted molar refractivity (Wildman–Crippen MR) is 73.9 cm³/mol. The summed E-state index contributed by atoms with van der Waals surface area (Å²) in [5, 5.41) is 2.57. The van der Waals surface area contributed by atoms with Crippen molar-refractivity contribution in [2.45, 2.75) is 0 Å². The molecule has 2 aromatic rings. The molecule has 1 heterocycles. The van der Waals surface area contributed by atoms with Crippen molar-refractivity contribution < 1.29 is 14.3 Å². The molecule has 5 nitrogen and oxygen atoms in total. The Balaban J connectivity index is 1.93. The minimum atomic E-state index is -0.319. The maximum absolute atomic E-state index is 11.9. The van der Waals surface area contributed by atoms with Crippen LogP contribution in [-0.2, 0) is 0 Å². The molecule has 1 amide bonds. The van der Waals surface area contributed by atoms with Gasteiger partial charge in [0.15, 0.2) is 5.78 Å². The molecule has 102 valence electrons. The van der Waals surface area contributed by atoms with Crippen LogP contribution in [0.3, 0.4) is 0 Å². The van der Waals surface area contributed by atoms with Gasteiger partial charge >= 0.3 is 0 Å². The minimum absolute atomic E-state index is 0.0555. The lowest BCUT2D eigenvalue weighted by molar-refractivity contribution is 0.0904. The molecule has 20 heavy (non-hydrogen) atoms. The van der Waals surface area contributed by atoms with Gasteiger partial charge in [-0.2, -0.15) is 0 Å². The first-order valence-electron chi connectivity index (χ1n) is 6.06. The van der Waals surface area contributed by atoms with E-state index in [9.17, 15) is 9.59 Å². The third kappa shape index (κ3) is 3.41. The van der Waals surface area contributed by atoms with Crippen molar-refractivity contribution in [1.29, 1.82) is 0 Å². The van der Waals surface area contributed by atoms with Gasteiger partial charge in [0.2, 0.25) is 0 Å². The van der Waals surface area contributed by atoms with E-state index < -0.39 is 0 Å². The summed E-state index contributed by atoms with van der Waals surface area (Å²) >= 11 is 0. The molecule has 5 heteroatoms. The highest BCUT2D eigenvalue weighted by atomic mass is 16.5. The van der Waals surface area contributed by atoms with E-state index >= 15 is 0 Å². The summed E-state index contributed by atoms with van der Waals surface area (Å²) in [7, 11) is 1.56. The molecule has 0 aliphatic carbocycles. The van der Waals surface area contributed by atoms with Crippen molar-refractivity contribution in [3.8, 4) is 5.75 Å². The van der Waals surface area contributed by atoms with E-state index in [0.29, 0.717) is 16.9 Å². The van der Waals surface area contributed by atoms with Crippen LogP contribution in [0.5, 0.6) is 5.75 Å². The fraction of sp³-hybridized carbons (Fsp3) is 0.133. The van der Waals surface area contributed by atoms with E-state index in [1.807, 2.05) is 0 Å². The summed E-state index contributed by atoms with van der Waals surface area (Å²) in [6.07, 6.45) is 3.03. The van der Waals surface area contributed by atoms with E-state index in [-0.39, 0.29) is 18.2 Å². The van der Waals surface area contributed by atoms with Crippen molar-refractivity contribution >= 4 is 11.7 Å². The fourth-order valence-corrected chi connectivity index (χ4v) is 1.64. The normalized spacial score (nSPS) is 9.85. The van der Waals surface area contributed by atoms with Crippen LogP contribution in [0.4, 0.5) is 0 Å². The molecule has 0 saturated carbocycles. The largest absolute Gasteiger partial charge is 0.497 e. The molecule has 1 N–H and O–H groups in total. The third-order valence-electron chi connectivity index (χ3n) is 2.75.